The highest BCUT2D eigenvalue weighted by molar-refractivity contribution is 5.94. The number of piperidine rings is 1. The van der Waals surface area contributed by atoms with Crippen LogP contribution in [-0.2, 0) is 18.8 Å². The Bertz CT molecular complexity index is 1290. The molecule has 1 fully saturated rings. The van der Waals surface area contributed by atoms with Gasteiger partial charge < -0.3 is 14.2 Å². The van der Waals surface area contributed by atoms with Crippen molar-refractivity contribution in [3.63, 3.8) is 0 Å². The Kier molecular flexibility index (Phi) is 5.22. The highest BCUT2D eigenvalue weighted by Crippen LogP contribution is 2.26. The smallest absolute Gasteiger partial charge is 0.354 e. The summed E-state index contributed by atoms with van der Waals surface area (Å²) in [6.45, 7) is 0.995. The van der Waals surface area contributed by atoms with Gasteiger partial charge in [0.15, 0.2) is 0 Å². The predicted octanol–water partition coefficient (Wildman–Crippen LogP) is 0.698. The van der Waals surface area contributed by atoms with Crippen LogP contribution >= 0.6 is 0 Å². The molecule has 0 atom stereocenters. The van der Waals surface area contributed by atoms with Crippen molar-refractivity contribution in [2.24, 2.45) is 14.1 Å². The van der Waals surface area contributed by atoms with Gasteiger partial charge in [-0.25, -0.2) is 14.6 Å². The van der Waals surface area contributed by atoms with Crippen LogP contribution in [0, 0.1) is 0 Å². The van der Waals surface area contributed by atoms with E-state index in [0.717, 1.165) is 4.57 Å². The number of fused-ring (bicyclic) bond motifs is 1. The van der Waals surface area contributed by atoms with E-state index in [0.29, 0.717) is 31.6 Å². The molecule has 1 amide bonds. The van der Waals surface area contributed by atoms with E-state index in [9.17, 15) is 19.2 Å². The Hall–Kier alpha value is -3.69. The highest BCUT2D eigenvalue weighted by atomic mass is 16.5. The van der Waals surface area contributed by atoms with Crippen molar-refractivity contribution < 1.29 is 14.3 Å². The topological polar surface area (TPSA) is 108 Å². The van der Waals surface area contributed by atoms with E-state index in [4.69, 9.17) is 4.74 Å². The van der Waals surface area contributed by atoms with E-state index in [1.165, 1.54) is 37.9 Å². The van der Waals surface area contributed by atoms with Crippen LogP contribution in [0.4, 0.5) is 0 Å². The van der Waals surface area contributed by atoms with E-state index in [2.05, 4.69) is 4.98 Å². The summed E-state index contributed by atoms with van der Waals surface area (Å²) in [7, 11) is 4.28. The van der Waals surface area contributed by atoms with Crippen molar-refractivity contribution in [2.45, 2.75) is 18.9 Å². The van der Waals surface area contributed by atoms with Crippen LogP contribution in [-0.4, -0.2) is 55.7 Å². The maximum Gasteiger partial charge on any atom is 0.354 e. The Morgan fingerprint density at radius 2 is 1.77 bits per heavy atom. The SMILES string of the molecule is COC(=O)c1cccn1C1CCN(C(=O)c2ccc3c(=O)n(C)c(=O)n(C)c3n2)CC1. The minimum atomic E-state index is -0.497. The molecule has 4 rings (SSSR count). The molecule has 4 heterocycles. The number of esters is 1. The first kappa shape index (κ1) is 20.6. The average molecular weight is 425 g/mol. The molecule has 31 heavy (non-hydrogen) atoms. The summed E-state index contributed by atoms with van der Waals surface area (Å²) in [5.41, 5.74) is -0.0811. The fourth-order valence-electron chi connectivity index (χ4n) is 4.07. The molecule has 1 aliphatic rings. The molecule has 0 unspecified atom stereocenters. The summed E-state index contributed by atoms with van der Waals surface area (Å²) < 4.78 is 9.01. The Morgan fingerprint density at radius 1 is 1.06 bits per heavy atom. The summed E-state index contributed by atoms with van der Waals surface area (Å²) in [5.74, 6) is -0.644. The van der Waals surface area contributed by atoms with Crippen LogP contribution in [0.25, 0.3) is 11.0 Å². The second-order valence-electron chi connectivity index (χ2n) is 7.59. The molecule has 1 saturated heterocycles. The van der Waals surface area contributed by atoms with Gasteiger partial charge >= 0.3 is 11.7 Å². The minimum absolute atomic E-state index is 0.0848. The van der Waals surface area contributed by atoms with Crippen molar-refractivity contribution in [2.75, 3.05) is 20.2 Å². The molecule has 0 spiro atoms. The zero-order chi connectivity index (χ0) is 22.3. The number of carbonyl (C=O) groups excluding carboxylic acids is 2. The molecule has 1 aliphatic heterocycles. The third-order valence-corrected chi connectivity index (χ3v) is 5.84. The molecule has 10 nitrogen and oxygen atoms in total. The van der Waals surface area contributed by atoms with Crippen molar-refractivity contribution in [3.05, 3.63) is 62.7 Å². The summed E-state index contributed by atoms with van der Waals surface area (Å²) in [4.78, 5) is 55.5. The molecule has 3 aromatic heterocycles. The van der Waals surface area contributed by atoms with E-state index in [-0.39, 0.29) is 34.6 Å². The van der Waals surface area contributed by atoms with Gasteiger partial charge in [0.05, 0.1) is 12.5 Å². The van der Waals surface area contributed by atoms with Crippen molar-refractivity contribution in [1.29, 1.82) is 0 Å². The quantitative estimate of drug-likeness (QED) is 0.572. The number of aromatic nitrogens is 4. The van der Waals surface area contributed by atoms with Gasteiger partial charge in [0.2, 0.25) is 0 Å². The lowest BCUT2D eigenvalue weighted by Crippen LogP contribution is -2.40. The maximum absolute atomic E-state index is 13.0. The van der Waals surface area contributed by atoms with Crippen LogP contribution in [0.2, 0.25) is 0 Å². The summed E-state index contributed by atoms with van der Waals surface area (Å²) in [5, 5.41) is 0.280. The van der Waals surface area contributed by atoms with Crippen molar-refractivity contribution in [3.8, 4) is 0 Å². The number of pyridine rings is 1. The molecular formula is C21H23N5O5. The van der Waals surface area contributed by atoms with Crippen LogP contribution in [0.15, 0.2) is 40.1 Å². The van der Waals surface area contributed by atoms with Crippen LogP contribution in [0.5, 0.6) is 0 Å². The molecule has 3 aromatic rings. The maximum atomic E-state index is 13.0. The van der Waals surface area contributed by atoms with E-state index < -0.39 is 11.2 Å². The van der Waals surface area contributed by atoms with Crippen molar-refractivity contribution >= 4 is 22.9 Å². The van der Waals surface area contributed by atoms with Crippen LogP contribution in [0.1, 0.15) is 39.9 Å². The van der Waals surface area contributed by atoms with Gasteiger partial charge in [-0.3, -0.25) is 18.7 Å². The number of carbonyl (C=O) groups is 2. The van der Waals surface area contributed by atoms with Gasteiger partial charge in [-0.15, -0.1) is 0 Å². The number of likely N-dealkylation sites (tertiary alicyclic amines) is 1. The zero-order valence-electron chi connectivity index (χ0n) is 17.6. The number of rotatable bonds is 3. The van der Waals surface area contributed by atoms with E-state index in [1.54, 1.807) is 17.0 Å². The normalized spacial score (nSPS) is 14.7. The molecule has 10 heteroatoms. The molecule has 0 saturated carbocycles. The summed E-state index contributed by atoms with van der Waals surface area (Å²) in [6.07, 6.45) is 3.20. The first-order chi connectivity index (χ1) is 14.8. The first-order valence-electron chi connectivity index (χ1n) is 9.94. The largest absolute Gasteiger partial charge is 0.464 e. The first-order valence-corrected chi connectivity index (χ1v) is 9.94. The van der Waals surface area contributed by atoms with Gasteiger partial charge in [-0.1, -0.05) is 0 Å². The monoisotopic (exact) mass is 425 g/mol. The minimum Gasteiger partial charge on any atom is -0.464 e. The predicted molar refractivity (Wildman–Crippen MR) is 112 cm³/mol. The van der Waals surface area contributed by atoms with Gasteiger partial charge in [-0.05, 0) is 37.1 Å². The van der Waals surface area contributed by atoms with E-state index >= 15 is 0 Å². The molecule has 0 N–H and O–H groups in total. The fraction of sp³-hybridized carbons (Fsp3) is 0.381. The summed E-state index contributed by atoms with van der Waals surface area (Å²) in [6, 6.07) is 6.66. The van der Waals surface area contributed by atoms with Crippen LogP contribution in [0.3, 0.4) is 0 Å². The molecular weight excluding hydrogens is 402 g/mol. The molecule has 0 aliphatic carbocycles. The standard InChI is InChI=1S/C21H23N5O5/c1-23-17-14(18(27)24(2)21(23)30)6-7-15(22-17)19(28)25-11-8-13(9-12-25)26-10-4-5-16(26)20(29)31-3/h4-7,10,13H,8-9,11-12H2,1-3H3. The Labute approximate surface area is 177 Å². The zero-order valence-corrected chi connectivity index (χ0v) is 17.6. The lowest BCUT2D eigenvalue weighted by Gasteiger charge is -2.33. The number of hydrogen-bond acceptors (Lipinski definition) is 6. The lowest BCUT2D eigenvalue weighted by atomic mass is 10.0. The number of amides is 1. The van der Waals surface area contributed by atoms with Crippen LogP contribution < -0.4 is 11.2 Å². The van der Waals surface area contributed by atoms with Crippen molar-refractivity contribution in [1.82, 2.24) is 23.6 Å². The fourth-order valence-corrected chi connectivity index (χ4v) is 4.07. The second kappa shape index (κ2) is 7.86. The van der Waals surface area contributed by atoms with Gasteiger partial charge in [0.1, 0.15) is 17.0 Å². The number of methoxy groups -OCH3 is 1. The number of hydrogen-bond donors (Lipinski definition) is 0. The van der Waals surface area contributed by atoms with Gasteiger partial charge in [0.25, 0.3) is 11.5 Å². The molecule has 0 radical (unpaired) electrons. The molecule has 0 aromatic carbocycles. The highest BCUT2D eigenvalue weighted by Gasteiger charge is 2.27. The van der Waals surface area contributed by atoms with Gasteiger partial charge in [-0.2, -0.15) is 0 Å². The molecule has 0 bridgehead atoms. The third-order valence-electron chi connectivity index (χ3n) is 5.84. The Balaban J connectivity index is 1.55. The van der Waals surface area contributed by atoms with E-state index in [1.807, 2.05) is 10.8 Å². The third kappa shape index (κ3) is 3.43. The number of aryl methyl sites for hydroxylation is 1. The van der Waals surface area contributed by atoms with Gasteiger partial charge in [0, 0.05) is 39.4 Å². The number of nitrogens with zero attached hydrogens (tertiary/aromatic N) is 5. The Morgan fingerprint density at radius 3 is 2.45 bits per heavy atom. The second-order valence-corrected chi connectivity index (χ2v) is 7.59. The summed E-state index contributed by atoms with van der Waals surface area (Å²) >= 11 is 0. The molecule has 162 valence electrons. The average Bonchev–Trinajstić information content (AvgIpc) is 3.30. The number of ether oxygens (including phenoxy) is 1. The lowest BCUT2D eigenvalue weighted by molar-refractivity contribution is 0.0573.